The van der Waals surface area contributed by atoms with Crippen LogP contribution in [0.15, 0.2) is 0 Å². The molecule has 0 aromatic rings. The van der Waals surface area contributed by atoms with Crippen LogP contribution in [0.2, 0.25) is 0 Å². The van der Waals surface area contributed by atoms with E-state index in [1.807, 2.05) is 6.92 Å². The first-order valence-corrected chi connectivity index (χ1v) is 7.17. The Kier molecular flexibility index (Phi) is 2.30. The average Bonchev–Trinajstić information content (AvgIpc) is 2.66. The lowest BCUT2D eigenvalue weighted by Gasteiger charge is -2.35. The van der Waals surface area contributed by atoms with Gasteiger partial charge in [0.05, 0.1) is 11.7 Å². The Bertz CT molecular complexity index is 334. The van der Waals surface area contributed by atoms with Crippen LogP contribution in [0.1, 0.15) is 47.0 Å². The Morgan fingerprint density at radius 1 is 1.12 bits per heavy atom. The van der Waals surface area contributed by atoms with E-state index in [0.717, 1.165) is 24.7 Å². The van der Waals surface area contributed by atoms with Gasteiger partial charge in [-0.15, -0.1) is 0 Å². The molecule has 0 bridgehead atoms. The molecule has 0 amide bonds. The molecule has 7 atom stereocenters. The van der Waals surface area contributed by atoms with Gasteiger partial charge < -0.3 is 10.2 Å². The van der Waals surface area contributed by atoms with Crippen LogP contribution in [-0.4, -0.2) is 21.9 Å². The summed E-state index contributed by atoms with van der Waals surface area (Å²) in [7, 11) is 0. The summed E-state index contributed by atoms with van der Waals surface area (Å²) in [6.07, 6.45) is 2.68. The zero-order chi connectivity index (χ0) is 12.6. The third-order valence-corrected chi connectivity index (χ3v) is 6.49. The highest BCUT2D eigenvalue weighted by molar-refractivity contribution is 5.16. The molecule has 0 radical (unpaired) electrons. The molecule has 0 heterocycles. The van der Waals surface area contributed by atoms with Crippen molar-refractivity contribution in [2.24, 2.45) is 35.0 Å². The van der Waals surface area contributed by atoms with Crippen LogP contribution >= 0.6 is 0 Å². The van der Waals surface area contributed by atoms with Gasteiger partial charge in [-0.2, -0.15) is 0 Å². The van der Waals surface area contributed by atoms with Crippen molar-refractivity contribution in [2.45, 2.75) is 58.7 Å². The van der Waals surface area contributed by atoms with E-state index in [2.05, 4.69) is 20.8 Å². The van der Waals surface area contributed by atoms with E-state index < -0.39 is 5.60 Å². The van der Waals surface area contributed by atoms with Gasteiger partial charge in [0.1, 0.15) is 0 Å². The highest BCUT2D eigenvalue weighted by atomic mass is 16.3. The Morgan fingerprint density at radius 2 is 1.76 bits per heavy atom. The summed E-state index contributed by atoms with van der Waals surface area (Å²) < 4.78 is 0. The van der Waals surface area contributed by atoms with Crippen molar-refractivity contribution >= 4 is 0 Å². The molecule has 0 aliphatic heterocycles. The van der Waals surface area contributed by atoms with E-state index >= 15 is 0 Å². The first-order valence-electron chi connectivity index (χ1n) is 7.17. The number of hydrogen-bond acceptors (Lipinski definition) is 2. The molecule has 3 aliphatic carbocycles. The Balaban J connectivity index is 1.96. The third-order valence-electron chi connectivity index (χ3n) is 6.49. The number of hydrogen-bond donors (Lipinski definition) is 2. The first kappa shape index (κ1) is 12.0. The fraction of sp³-hybridized carbons (Fsp3) is 1.00. The summed E-state index contributed by atoms with van der Waals surface area (Å²) in [4.78, 5) is 0. The monoisotopic (exact) mass is 238 g/mol. The normalized spacial score (nSPS) is 60.4. The topological polar surface area (TPSA) is 40.5 Å². The Labute approximate surface area is 104 Å². The highest BCUT2D eigenvalue weighted by Gasteiger charge is 2.67. The largest absolute Gasteiger partial charge is 0.393 e. The van der Waals surface area contributed by atoms with Crippen molar-refractivity contribution in [2.75, 3.05) is 0 Å². The molecular formula is C15H26O2. The van der Waals surface area contributed by atoms with Crippen molar-refractivity contribution in [3.8, 4) is 0 Å². The maximum absolute atomic E-state index is 10.7. The van der Waals surface area contributed by atoms with Crippen LogP contribution in [0.3, 0.4) is 0 Å². The lowest BCUT2D eigenvalue weighted by Crippen LogP contribution is -2.38. The van der Waals surface area contributed by atoms with Crippen LogP contribution in [-0.2, 0) is 0 Å². The molecule has 2 N–H and O–H groups in total. The summed E-state index contributed by atoms with van der Waals surface area (Å²) >= 11 is 0. The number of aliphatic hydroxyl groups is 2. The quantitative estimate of drug-likeness (QED) is 0.680. The zero-order valence-corrected chi connectivity index (χ0v) is 11.5. The molecule has 3 aliphatic rings. The Hall–Kier alpha value is -0.0800. The first-order chi connectivity index (χ1) is 7.77. The van der Waals surface area contributed by atoms with Crippen molar-refractivity contribution in [1.29, 1.82) is 0 Å². The second kappa shape index (κ2) is 3.27. The van der Waals surface area contributed by atoms with Crippen LogP contribution in [0.4, 0.5) is 0 Å². The summed E-state index contributed by atoms with van der Waals surface area (Å²) in [5.41, 5.74) is -0.113. The molecule has 0 unspecified atom stereocenters. The molecule has 2 heteroatoms. The van der Waals surface area contributed by atoms with Gasteiger partial charge in [0.15, 0.2) is 0 Å². The maximum atomic E-state index is 10.7. The van der Waals surface area contributed by atoms with E-state index in [9.17, 15) is 10.2 Å². The van der Waals surface area contributed by atoms with Crippen LogP contribution < -0.4 is 0 Å². The Morgan fingerprint density at radius 3 is 2.41 bits per heavy atom. The van der Waals surface area contributed by atoms with Gasteiger partial charge in [-0.25, -0.2) is 0 Å². The fourth-order valence-electron chi connectivity index (χ4n) is 5.24. The van der Waals surface area contributed by atoms with E-state index in [1.54, 1.807) is 0 Å². The second-order valence-electron chi connectivity index (χ2n) is 7.70. The zero-order valence-electron chi connectivity index (χ0n) is 11.5. The number of aliphatic hydroxyl groups excluding tert-OH is 1. The fourth-order valence-corrected chi connectivity index (χ4v) is 5.24. The maximum Gasteiger partial charge on any atom is 0.0651 e. The summed E-state index contributed by atoms with van der Waals surface area (Å²) in [5, 5.41) is 20.8. The lowest BCUT2D eigenvalue weighted by molar-refractivity contribution is -0.0309. The molecule has 3 saturated carbocycles. The van der Waals surface area contributed by atoms with Crippen LogP contribution in [0, 0.1) is 35.0 Å². The van der Waals surface area contributed by atoms with E-state index in [0.29, 0.717) is 23.2 Å². The average molecular weight is 238 g/mol. The van der Waals surface area contributed by atoms with Crippen LogP contribution in [0.5, 0.6) is 0 Å². The minimum absolute atomic E-state index is 0.202. The minimum atomic E-state index is -0.556. The molecule has 3 rings (SSSR count). The van der Waals surface area contributed by atoms with Gasteiger partial charge in [-0.05, 0) is 61.2 Å². The van der Waals surface area contributed by atoms with Crippen molar-refractivity contribution in [3.05, 3.63) is 0 Å². The predicted octanol–water partition coefficient (Wildman–Crippen LogP) is 2.44. The molecule has 0 spiro atoms. The smallest absolute Gasteiger partial charge is 0.0651 e. The standard InChI is InChI=1S/C15H26O2/c1-8-11(16)7-10-12(8)13-9(14(13,2)3)5-6-15(10,4)17/h8-13,16-17H,5-7H2,1-4H3/t8-,9+,10-,11+,12+,13+,15-/m1/s1. The van der Waals surface area contributed by atoms with Crippen molar-refractivity contribution in [1.82, 2.24) is 0 Å². The van der Waals surface area contributed by atoms with Gasteiger partial charge in [-0.1, -0.05) is 20.8 Å². The molecule has 17 heavy (non-hydrogen) atoms. The molecule has 0 aromatic carbocycles. The van der Waals surface area contributed by atoms with E-state index in [1.165, 1.54) is 6.42 Å². The number of rotatable bonds is 0. The highest BCUT2D eigenvalue weighted by Crippen LogP contribution is 2.71. The molecule has 3 fully saturated rings. The van der Waals surface area contributed by atoms with Crippen molar-refractivity contribution in [3.63, 3.8) is 0 Å². The molecule has 0 aromatic heterocycles. The molecular weight excluding hydrogens is 212 g/mol. The van der Waals surface area contributed by atoms with Gasteiger partial charge in [0.2, 0.25) is 0 Å². The summed E-state index contributed by atoms with van der Waals surface area (Å²) in [6, 6.07) is 0. The van der Waals surface area contributed by atoms with Gasteiger partial charge in [-0.3, -0.25) is 0 Å². The third kappa shape index (κ3) is 1.46. The lowest BCUT2D eigenvalue weighted by atomic mass is 9.74. The van der Waals surface area contributed by atoms with Crippen LogP contribution in [0.25, 0.3) is 0 Å². The van der Waals surface area contributed by atoms with Crippen molar-refractivity contribution < 1.29 is 10.2 Å². The van der Waals surface area contributed by atoms with Gasteiger partial charge >= 0.3 is 0 Å². The summed E-state index contributed by atoms with van der Waals surface area (Å²) in [5.74, 6) is 2.70. The summed E-state index contributed by atoms with van der Waals surface area (Å²) in [6.45, 7) is 8.92. The molecule has 0 saturated heterocycles. The second-order valence-corrected chi connectivity index (χ2v) is 7.70. The van der Waals surface area contributed by atoms with Gasteiger partial charge in [0, 0.05) is 0 Å². The predicted molar refractivity (Wildman–Crippen MR) is 67.4 cm³/mol. The molecule has 2 nitrogen and oxygen atoms in total. The SMILES string of the molecule is C[C@H]1[C@@H]2[C@@H]3[C@H](CC[C@@](C)(O)[C@@H]2C[C@@H]1O)C3(C)C. The minimum Gasteiger partial charge on any atom is -0.393 e. The molecule has 98 valence electrons. The number of fused-ring (bicyclic) bond motifs is 3. The van der Waals surface area contributed by atoms with E-state index in [-0.39, 0.29) is 6.10 Å². The van der Waals surface area contributed by atoms with E-state index in [4.69, 9.17) is 0 Å². The van der Waals surface area contributed by atoms with Gasteiger partial charge in [0.25, 0.3) is 0 Å².